The highest BCUT2D eigenvalue weighted by Gasteiger charge is 2.19. The summed E-state index contributed by atoms with van der Waals surface area (Å²) < 4.78 is 0. The number of carbonyl (C=O) groups is 1. The van der Waals surface area contributed by atoms with E-state index < -0.39 is 0 Å². The number of thiophene rings is 1. The molecule has 0 atom stereocenters. The Labute approximate surface area is 140 Å². The number of halogens is 1. The maximum atomic E-state index is 11.4. The minimum atomic E-state index is 0.178. The van der Waals surface area contributed by atoms with Crippen LogP contribution in [0, 0.1) is 0 Å². The highest BCUT2D eigenvalue weighted by Crippen LogP contribution is 2.33. The van der Waals surface area contributed by atoms with Crippen LogP contribution in [0.15, 0.2) is 36.4 Å². The molecule has 1 aliphatic rings. The van der Waals surface area contributed by atoms with Gasteiger partial charge in [0.25, 0.3) is 0 Å². The normalized spacial score (nSPS) is 16.0. The molecule has 2 aromatic rings. The molecule has 0 N–H and O–H groups in total. The third kappa shape index (κ3) is 3.51. The van der Waals surface area contributed by atoms with Crippen LogP contribution in [-0.4, -0.2) is 41.9 Å². The van der Waals surface area contributed by atoms with Crippen LogP contribution in [0.4, 0.5) is 0 Å². The molecule has 0 aliphatic carbocycles. The first-order chi connectivity index (χ1) is 10.6. The van der Waals surface area contributed by atoms with Gasteiger partial charge >= 0.3 is 0 Å². The molecule has 0 unspecified atom stereocenters. The quantitative estimate of drug-likeness (QED) is 0.853. The SMILES string of the molecule is CC(=O)N1CCN(Cc2ccc(-c3ccccc3Cl)s2)CC1. The molecule has 0 spiro atoms. The third-order valence-corrected chi connectivity index (χ3v) is 5.43. The highest BCUT2D eigenvalue weighted by molar-refractivity contribution is 7.15. The van der Waals surface area contributed by atoms with Gasteiger partial charge in [-0.3, -0.25) is 9.69 Å². The molecule has 1 aromatic heterocycles. The number of piperazine rings is 1. The van der Waals surface area contributed by atoms with E-state index in [2.05, 4.69) is 23.1 Å². The summed E-state index contributed by atoms with van der Waals surface area (Å²) >= 11 is 8.06. The van der Waals surface area contributed by atoms with Crippen LogP contribution < -0.4 is 0 Å². The van der Waals surface area contributed by atoms with Crippen molar-refractivity contribution < 1.29 is 4.79 Å². The van der Waals surface area contributed by atoms with Gasteiger partial charge in [-0.2, -0.15) is 0 Å². The zero-order valence-electron chi connectivity index (χ0n) is 12.6. The highest BCUT2D eigenvalue weighted by atomic mass is 35.5. The first-order valence-corrected chi connectivity index (χ1v) is 8.64. The summed E-state index contributed by atoms with van der Waals surface area (Å²) in [6.07, 6.45) is 0. The number of rotatable bonds is 3. The van der Waals surface area contributed by atoms with Gasteiger partial charge in [-0.05, 0) is 18.2 Å². The number of hydrogen-bond acceptors (Lipinski definition) is 3. The Bertz CT molecular complexity index is 662. The molecule has 1 aliphatic heterocycles. The summed E-state index contributed by atoms with van der Waals surface area (Å²) in [5.41, 5.74) is 1.10. The molecule has 0 bridgehead atoms. The molecular formula is C17H19ClN2OS. The number of amides is 1. The summed E-state index contributed by atoms with van der Waals surface area (Å²) in [5.74, 6) is 0.178. The van der Waals surface area contributed by atoms with Gasteiger partial charge in [0.1, 0.15) is 0 Å². The Morgan fingerprint density at radius 3 is 2.55 bits per heavy atom. The van der Waals surface area contributed by atoms with Crippen LogP contribution >= 0.6 is 22.9 Å². The van der Waals surface area contributed by atoms with Gasteiger partial charge in [0.05, 0.1) is 0 Å². The van der Waals surface area contributed by atoms with E-state index in [4.69, 9.17) is 11.6 Å². The van der Waals surface area contributed by atoms with E-state index in [0.29, 0.717) is 0 Å². The molecule has 1 fully saturated rings. The van der Waals surface area contributed by atoms with Crippen molar-refractivity contribution >= 4 is 28.8 Å². The molecule has 1 saturated heterocycles. The van der Waals surface area contributed by atoms with Crippen LogP contribution in [0.2, 0.25) is 5.02 Å². The molecule has 2 heterocycles. The Balaban J connectivity index is 1.63. The molecule has 1 amide bonds. The Hall–Kier alpha value is -1.36. The molecule has 0 radical (unpaired) electrons. The van der Waals surface area contributed by atoms with E-state index in [1.807, 2.05) is 23.1 Å². The second-order valence-corrected chi connectivity index (χ2v) is 7.10. The van der Waals surface area contributed by atoms with E-state index in [9.17, 15) is 4.79 Å². The van der Waals surface area contributed by atoms with Crippen molar-refractivity contribution in [1.29, 1.82) is 0 Å². The Morgan fingerprint density at radius 2 is 1.86 bits per heavy atom. The van der Waals surface area contributed by atoms with Gasteiger partial charge in [0.2, 0.25) is 5.91 Å². The first-order valence-electron chi connectivity index (χ1n) is 7.45. The van der Waals surface area contributed by atoms with Crippen molar-refractivity contribution in [2.45, 2.75) is 13.5 Å². The van der Waals surface area contributed by atoms with Gasteiger partial charge in [-0.1, -0.05) is 29.8 Å². The second kappa shape index (κ2) is 6.82. The molecule has 116 valence electrons. The lowest BCUT2D eigenvalue weighted by atomic mass is 10.2. The lowest BCUT2D eigenvalue weighted by molar-refractivity contribution is -0.130. The predicted molar refractivity (Wildman–Crippen MR) is 92.3 cm³/mol. The summed E-state index contributed by atoms with van der Waals surface area (Å²) in [6.45, 7) is 6.14. The van der Waals surface area contributed by atoms with Gasteiger partial charge < -0.3 is 4.90 Å². The van der Waals surface area contributed by atoms with Crippen LogP contribution in [0.3, 0.4) is 0 Å². The average molecular weight is 335 g/mol. The number of benzene rings is 1. The minimum absolute atomic E-state index is 0.178. The number of nitrogens with zero attached hydrogens (tertiary/aromatic N) is 2. The summed E-state index contributed by atoms with van der Waals surface area (Å²) in [7, 11) is 0. The van der Waals surface area contributed by atoms with Crippen molar-refractivity contribution in [1.82, 2.24) is 9.80 Å². The fourth-order valence-electron chi connectivity index (χ4n) is 2.71. The molecule has 3 nitrogen and oxygen atoms in total. The van der Waals surface area contributed by atoms with E-state index in [1.54, 1.807) is 18.3 Å². The molecule has 3 rings (SSSR count). The number of carbonyl (C=O) groups excluding carboxylic acids is 1. The maximum absolute atomic E-state index is 11.4. The maximum Gasteiger partial charge on any atom is 0.219 e. The summed E-state index contributed by atoms with van der Waals surface area (Å²) in [4.78, 5) is 18.2. The minimum Gasteiger partial charge on any atom is -0.340 e. The van der Waals surface area contributed by atoms with E-state index in [1.165, 1.54) is 9.75 Å². The third-order valence-electron chi connectivity index (χ3n) is 4.00. The first kappa shape index (κ1) is 15.5. The molecule has 1 aromatic carbocycles. The van der Waals surface area contributed by atoms with Crippen LogP contribution in [-0.2, 0) is 11.3 Å². The van der Waals surface area contributed by atoms with Crippen molar-refractivity contribution in [3.05, 3.63) is 46.3 Å². The Morgan fingerprint density at radius 1 is 1.14 bits per heavy atom. The van der Waals surface area contributed by atoms with Gasteiger partial charge in [-0.25, -0.2) is 0 Å². The van der Waals surface area contributed by atoms with Gasteiger partial charge in [-0.15, -0.1) is 11.3 Å². The summed E-state index contributed by atoms with van der Waals surface area (Å²) in [5, 5.41) is 0.797. The number of hydrogen-bond donors (Lipinski definition) is 0. The lowest BCUT2D eigenvalue weighted by Crippen LogP contribution is -2.47. The second-order valence-electron chi connectivity index (χ2n) is 5.53. The van der Waals surface area contributed by atoms with Gasteiger partial charge in [0, 0.05) is 60.0 Å². The van der Waals surface area contributed by atoms with Crippen LogP contribution in [0.1, 0.15) is 11.8 Å². The van der Waals surface area contributed by atoms with Crippen molar-refractivity contribution in [3.63, 3.8) is 0 Å². The molecular weight excluding hydrogens is 316 g/mol. The van der Waals surface area contributed by atoms with Crippen LogP contribution in [0.25, 0.3) is 10.4 Å². The van der Waals surface area contributed by atoms with E-state index >= 15 is 0 Å². The average Bonchev–Trinajstić information content (AvgIpc) is 2.96. The zero-order chi connectivity index (χ0) is 15.5. The summed E-state index contributed by atoms with van der Waals surface area (Å²) in [6, 6.07) is 12.3. The smallest absolute Gasteiger partial charge is 0.219 e. The molecule has 0 saturated carbocycles. The van der Waals surface area contributed by atoms with Crippen molar-refractivity contribution in [3.8, 4) is 10.4 Å². The predicted octanol–water partition coefficient (Wildman–Crippen LogP) is 3.73. The van der Waals surface area contributed by atoms with Crippen molar-refractivity contribution in [2.75, 3.05) is 26.2 Å². The van der Waals surface area contributed by atoms with E-state index in [0.717, 1.165) is 43.3 Å². The van der Waals surface area contributed by atoms with Gasteiger partial charge in [0.15, 0.2) is 0 Å². The largest absolute Gasteiger partial charge is 0.340 e. The van der Waals surface area contributed by atoms with E-state index in [-0.39, 0.29) is 5.91 Å². The topological polar surface area (TPSA) is 23.6 Å². The fourth-order valence-corrected chi connectivity index (χ4v) is 4.09. The molecule has 22 heavy (non-hydrogen) atoms. The molecule has 5 heteroatoms. The van der Waals surface area contributed by atoms with Crippen molar-refractivity contribution in [2.24, 2.45) is 0 Å². The monoisotopic (exact) mass is 334 g/mol. The Kier molecular flexibility index (Phi) is 4.81. The van der Waals surface area contributed by atoms with Crippen LogP contribution in [0.5, 0.6) is 0 Å². The standard InChI is InChI=1S/C17H19ClN2OS/c1-13(21)20-10-8-19(9-11-20)12-14-6-7-17(22-14)15-4-2-3-5-16(15)18/h2-7H,8-12H2,1H3. The fraction of sp³-hybridized carbons (Fsp3) is 0.353. The zero-order valence-corrected chi connectivity index (χ0v) is 14.2. The lowest BCUT2D eigenvalue weighted by Gasteiger charge is -2.33.